The zero-order valence-corrected chi connectivity index (χ0v) is 31.6. The Morgan fingerprint density at radius 3 is 1.81 bits per heavy atom. The average molecular weight is 672 g/mol. The third-order valence-electron chi connectivity index (χ3n) is 12.8. The highest BCUT2D eigenvalue weighted by Gasteiger charge is 2.38. The largest absolute Gasteiger partial charge is 0.309 e. The Balaban J connectivity index is 1.28. The SMILES string of the molecule is Cc1cc(C(C)C)cc(C)c1N(c1ccc2c(c1)-c1ccccc1C2(C)C)c1ccc2ccc3c4c(cc5ccc1c2c53)C(C)(C)c1ccccc1-4. The molecule has 1 heteroatoms. The summed E-state index contributed by atoms with van der Waals surface area (Å²) in [5.41, 5.74) is 18.7. The molecule has 2 aliphatic carbocycles. The van der Waals surface area contributed by atoms with Gasteiger partial charge in [0, 0.05) is 21.9 Å². The molecule has 0 aliphatic heterocycles. The van der Waals surface area contributed by atoms with Crippen LogP contribution in [0.2, 0.25) is 0 Å². The van der Waals surface area contributed by atoms with Crippen molar-refractivity contribution < 1.29 is 0 Å². The van der Waals surface area contributed by atoms with E-state index >= 15 is 0 Å². The number of hydrogen-bond donors (Lipinski definition) is 0. The zero-order chi connectivity index (χ0) is 35.8. The first-order valence-electron chi connectivity index (χ1n) is 19.0. The summed E-state index contributed by atoms with van der Waals surface area (Å²) in [4.78, 5) is 2.57. The number of fused-ring (bicyclic) bond motifs is 7. The normalized spacial score (nSPS) is 15.0. The van der Waals surface area contributed by atoms with Gasteiger partial charge in [-0.25, -0.2) is 0 Å². The lowest BCUT2D eigenvalue weighted by Crippen LogP contribution is -2.16. The fourth-order valence-electron chi connectivity index (χ4n) is 10.1. The van der Waals surface area contributed by atoms with Crippen LogP contribution in [0.4, 0.5) is 17.1 Å². The lowest BCUT2D eigenvalue weighted by molar-refractivity contribution is 0.660. The first-order valence-corrected chi connectivity index (χ1v) is 19.0. The quantitative estimate of drug-likeness (QED) is 0.168. The van der Waals surface area contributed by atoms with Crippen LogP contribution in [0, 0.1) is 13.8 Å². The van der Waals surface area contributed by atoms with Crippen molar-refractivity contribution in [3.8, 4) is 22.3 Å². The summed E-state index contributed by atoms with van der Waals surface area (Å²) in [5, 5.41) is 7.98. The highest BCUT2D eigenvalue weighted by atomic mass is 15.1. The van der Waals surface area contributed by atoms with E-state index in [-0.39, 0.29) is 10.8 Å². The molecule has 1 nitrogen and oxygen atoms in total. The van der Waals surface area contributed by atoms with Crippen molar-refractivity contribution in [2.45, 2.75) is 72.1 Å². The van der Waals surface area contributed by atoms with Crippen LogP contribution in [0.3, 0.4) is 0 Å². The van der Waals surface area contributed by atoms with Gasteiger partial charge >= 0.3 is 0 Å². The second-order valence-corrected chi connectivity index (χ2v) is 16.9. The Morgan fingerprint density at radius 2 is 1.08 bits per heavy atom. The lowest BCUT2D eigenvalue weighted by atomic mass is 9.80. The Bertz CT molecular complexity index is 2770. The van der Waals surface area contributed by atoms with E-state index < -0.39 is 0 Å². The highest BCUT2D eigenvalue weighted by Crippen LogP contribution is 2.55. The van der Waals surface area contributed by atoms with Gasteiger partial charge in [-0.15, -0.1) is 0 Å². The third kappa shape index (κ3) is 4.05. The van der Waals surface area contributed by atoms with Gasteiger partial charge in [-0.05, 0) is 132 Å². The van der Waals surface area contributed by atoms with Crippen LogP contribution in [0.1, 0.15) is 86.4 Å². The summed E-state index contributed by atoms with van der Waals surface area (Å²) in [7, 11) is 0. The summed E-state index contributed by atoms with van der Waals surface area (Å²) in [6, 6.07) is 46.8. The van der Waals surface area contributed by atoms with Crippen LogP contribution in [-0.4, -0.2) is 0 Å². The van der Waals surface area contributed by atoms with E-state index in [4.69, 9.17) is 0 Å². The van der Waals surface area contributed by atoms with E-state index in [2.05, 4.69) is 182 Å². The van der Waals surface area contributed by atoms with Crippen LogP contribution < -0.4 is 4.90 Å². The van der Waals surface area contributed by atoms with E-state index in [1.54, 1.807) is 0 Å². The second-order valence-electron chi connectivity index (χ2n) is 16.9. The van der Waals surface area contributed by atoms with Crippen molar-refractivity contribution in [2.24, 2.45) is 0 Å². The van der Waals surface area contributed by atoms with E-state index in [0.29, 0.717) is 5.92 Å². The number of hydrogen-bond acceptors (Lipinski definition) is 1. The maximum absolute atomic E-state index is 2.57. The van der Waals surface area contributed by atoms with Crippen molar-refractivity contribution in [2.75, 3.05) is 4.90 Å². The molecule has 2 aliphatic rings. The fourth-order valence-corrected chi connectivity index (χ4v) is 10.1. The molecular weight excluding hydrogens is 627 g/mol. The molecule has 0 fully saturated rings. The molecule has 8 aromatic rings. The van der Waals surface area contributed by atoms with Gasteiger partial charge in [0.2, 0.25) is 0 Å². The molecule has 0 aromatic heterocycles. The van der Waals surface area contributed by atoms with Crippen LogP contribution >= 0.6 is 0 Å². The summed E-state index contributed by atoms with van der Waals surface area (Å²) in [6.45, 7) is 18.7. The number of rotatable bonds is 4. The van der Waals surface area contributed by atoms with Crippen molar-refractivity contribution in [1.82, 2.24) is 0 Å². The van der Waals surface area contributed by atoms with Gasteiger partial charge in [0.25, 0.3) is 0 Å². The van der Waals surface area contributed by atoms with Crippen LogP contribution in [0.15, 0.2) is 121 Å². The predicted octanol–water partition coefficient (Wildman–Crippen LogP) is 14.4. The minimum atomic E-state index is -0.0453. The molecule has 8 aromatic carbocycles. The maximum atomic E-state index is 2.57. The molecular formula is C51H45N. The Hall–Kier alpha value is -5.40. The van der Waals surface area contributed by atoms with Gasteiger partial charge in [-0.2, -0.15) is 0 Å². The van der Waals surface area contributed by atoms with E-state index in [1.807, 2.05) is 0 Å². The summed E-state index contributed by atoms with van der Waals surface area (Å²) in [6.07, 6.45) is 0. The number of anilines is 3. The van der Waals surface area contributed by atoms with Crippen molar-refractivity contribution in [3.05, 3.63) is 160 Å². The second kappa shape index (κ2) is 10.6. The molecule has 0 unspecified atom stereocenters. The fraction of sp³-hybridized carbons (Fsp3) is 0.216. The van der Waals surface area contributed by atoms with Gasteiger partial charge in [0.1, 0.15) is 0 Å². The van der Waals surface area contributed by atoms with Gasteiger partial charge in [-0.1, -0.05) is 139 Å². The Labute approximate surface area is 307 Å². The standard InChI is InChI=1S/C51H45N/c1-29(2)34-25-30(3)49(31(4)26-34)52(35-20-23-43-40(28-35)36-13-9-11-15-41(36)50(43,5)6)45-24-19-32-17-22-39-47-33(18-21-38(45)46(32)47)27-44-48(39)37-14-10-12-16-42(37)51(44,7)8/h9-29H,1-8H3. The molecule has 254 valence electrons. The first-order chi connectivity index (χ1) is 25.0. The molecule has 0 saturated heterocycles. The molecule has 52 heavy (non-hydrogen) atoms. The minimum Gasteiger partial charge on any atom is -0.309 e. The van der Waals surface area contributed by atoms with Crippen LogP contribution in [-0.2, 0) is 10.8 Å². The molecule has 0 bridgehead atoms. The zero-order valence-electron chi connectivity index (χ0n) is 31.6. The van der Waals surface area contributed by atoms with Crippen molar-refractivity contribution in [1.29, 1.82) is 0 Å². The van der Waals surface area contributed by atoms with Crippen LogP contribution in [0.25, 0.3) is 54.6 Å². The number of aryl methyl sites for hydroxylation is 2. The Morgan fingerprint density at radius 1 is 0.500 bits per heavy atom. The molecule has 0 saturated carbocycles. The molecule has 10 rings (SSSR count). The third-order valence-corrected chi connectivity index (χ3v) is 12.8. The number of nitrogens with zero attached hydrogens (tertiary/aromatic N) is 1. The highest BCUT2D eigenvalue weighted by molar-refractivity contribution is 6.28. The minimum absolute atomic E-state index is 0.0412. The van der Waals surface area contributed by atoms with E-state index in [0.717, 1.165) is 0 Å². The number of benzene rings is 8. The average Bonchev–Trinajstić information content (AvgIpc) is 3.51. The van der Waals surface area contributed by atoms with Crippen molar-refractivity contribution >= 4 is 49.4 Å². The summed E-state index contributed by atoms with van der Waals surface area (Å²) < 4.78 is 0. The summed E-state index contributed by atoms with van der Waals surface area (Å²) in [5.74, 6) is 0.463. The van der Waals surface area contributed by atoms with Crippen molar-refractivity contribution in [3.63, 3.8) is 0 Å². The van der Waals surface area contributed by atoms with E-state index in [1.165, 1.54) is 111 Å². The molecule has 0 heterocycles. The van der Waals surface area contributed by atoms with Crippen LogP contribution in [0.5, 0.6) is 0 Å². The monoisotopic (exact) mass is 671 g/mol. The van der Waals surface area contributed by atoms with Gasteiger partial charge < -0.3 is 4.90 Å². The molecule has 0 atom stereocenters. The Kier molecular flexibility index (Phi) is 6.38. The smallest absolute Gasteiger partial charge is 0.0540 e. The molecule has 0 N–H and O–H groups in total. The van der Waals surface area contributed by atoms with Gasteiger partial charge in [0.15, 0.2) is 0 Å². The first kappa shape index (κ1) is 31.3. The predicted molar refractivity (Wildman–Crippen MR) is 224 cm³/mol. The topological polar surface area (TPSA) is 3.24 Å². The van der Waals surface area contributed by atoms with Gasteiger partial charge in [0.05, 0.1) is 11.4 Å². The molecule has 0 amide bonds. The lowest BCUT2D eigenvalue weighted by Gasteiger charge is -2.32. The van der Waals surface area contributed by atoms with E-state index in [9.17, 15) is 0 Å². The molecule has 0 spiro atoms. The van der Waals surface area contributed by atoms with Gasteiger partial charge in [-0.3, -0.25) is 0 Å². The maximum Gasteiger partial charge on any atom is 0.0540 e. The summed E-state index contributed by atoms with van der Waals surface area (Å²) >= 11 is 0. The molecule has 0 radical (unpaired) electrons.